The summed E-state index contributed by atoms with van der Waals surface area (Å²) in [7, 11) is -5.60. The molecule has 1 fully saturated rings. The molecular weight excluding hydrogens is 468 g/mol. The molecule has 2 aromatic rings. The first-order valence-corrected chi connectivity index (χ1v) is 13.5. The molecule has 0 saturated carbocycles. The molecule has 1 saturated heterocycles. The monoisotopic (exact) mass is 496 g/mol. The third-order valence-electron chi connectivity index (χ3n) is 5.56. The van der Waals surface area contributed by atoms with Crippen molar-refractivity contribution >= 4 is 31.4 Å². The molecule has 0 bridgehead atoms. The maximum Gasteiger partial charge on any atom is 0.290 e. The quantitative estimate of drug-likeness (QED) is 0.417. The van der Waals surface area contributed by atoms with Gasteiger partial charge in [0.2, 0.25) is 20.0 Å². The van der Waals surface area contributed by atoms with Gasteiger partial charge in [-0.25, -0.2) is 25.9 Å². The number of benzene rings is 2. The molecule has 1 aliphatic heterocycles. The Morgan fingerprint density at radius 2 is 1.64 bits per heavy atom. The highest BCUT2D eigenvalue weighted by Crippen LogP contribution is 2.28. The Labute approximate surface area is 194 Å². The molecule has 1 aliphatic rings. The Hall–Kier alpha value is -2.54. The van der Waals surface area contributed by atoms with Gasteiger partial charge in [0, 0.05) is 45.5 Å². The lowest BCUT2D eigenvalue weighted by Gasteiger charge is -2.28. The number of hydrogen-bond donors (Lipinski definition) is 1. The van der Waals surface area contributed by atoms with Crippen molar-refractivity contribution in [2.24, 2.45) is 0 Å². The van der Waals surface area contributed by atoms with Crippen LogP contribution in [0.1, 0.15) is 24.8 Å². The van der Waals surface area contributed by atoms with Crippen molar-refractivity contribution in [3.05, 3.63) is 58.1 Å². The Bertz CT molecular complexity index is 1210. The van der Waals surface area contributed by atoms with Crippen molar-refractivity contribution in [1.82, 2.24) is 9.03 Å². The van der Waals surface area contributed by atoms with E-state index in [9.17, 15) is 26.9 Å². The van der Waals surface area contributed by atoms with Crippen LogP contribution in [-0.4, -0.2) is 59.8 Å². The summed E-state index contributed by atoms with van der Waals surface area (Å²) in [6.07, 6.45) is 4.01. The van der Waals surface area contributed by atoms with Gasteiger partial charge >= 0.3 is 0 Å². The van der Waals surface area contributed by atoms with E-state index in [1.807, 2.05) is 24.3 Å². The Kier molecular flexibility index (Phi) is 7.73. The third kappa shape index (κ3) is 5.88. The molecule has 0 atom stereocenters. The molecular formula is C21H28N4O6S2. The molecule has 0 aromatic heterocycles. The van der Waals surface area contributed by atoms with Crippen LogP contribution in [0, 0.1) is 10.1 Å². The zero-order valence-corrected chi connectivity index (χ0v) is 20.2. The van der Waals surface area contributed by atoms with Gasteiger partial charge in [0.25, 0.3) is 5.69 Å². The van der Waals surface area contributed by atoms with Crippen LogP contribution in [0.3, 0.4) is 0 Å². The lowest BCUT2D eigenvalue weighted by atomic mass is 10.1. The minimum absolute atomic E-state index is 0.0420. The molecule has 1 heterocycles. The van der Waals surface area contributed by atoms with E-state index in [0.29, 0.717) is 6.42 Å². The van der Waals surface area contributed by atoms with Gasteiger partial charge in [0.05, 0.1) is 9.82 Å². The number of sulfonamides is 2. The first-order chi connectivity index (χ1) is 15.5. The summed E-state index contributed by atoms with van der Waals surface area (Å²) in [5.74, 6) is 0. The molecule has 3 rings (SSSR count). The number of nitro benzene ring substituents is 1. The van der Waals surface area contributed by atoms with Crippen LogP contribution in [0.25, 0.3) is 0 Å². The van der Waals surface area contributed by atoms with Crippen LogP contribution in [0.4, 0.5) is 11.4 Å². The second-order valence-corrected chi connectivity index (χ2v) is 11.9. The van der Waals surface area contributed by atoms with Crippen molar-refractivity contribution in [3.63, 3.8) is 0 Å². The summed E-state index contributed by atoms with van der Waals surface area (Å²) in [5.41, 5.74) is 1.28. The summed E-state index contributed by atoms with van der Waals surface area (Å²) in [4.78, 5) is 12.0. The minimum Gasteiger partial charge on any atom is -0.372 e. The average Bonchev–Trinajstić information content (AvgIpc) is 2.79. The van der Waals surface area contributed by atoms with E-state index < -0.39 is 35.6 Å². The van der Waals surface area contributed by atoms with E-state index in [-0.39, 0.29) is 11.4 Å². The number of anilines is 1. The maximum atomic E-state index is 12.7. The molecule has 180 valence electrons. The molecule has 0 spiro atoms. The van der Waals surface area contributed by atoms with Gasteiger partial charge in [-0.15, -0.1) is 0 Å². The van der Waals surface area contributed by atoms with E-state index in [0.717, 1.165) is 46.8 Å². The Morgan fingerprint density at radius 1 is 1.00 bits per heavy atom. The lowest BCUT2D eigenvalue weighted by molar-refractivity contribution is -0.388. The fraction of sp³-hybridized carbons (Fsp3) is 0.429. The molecule has 10 nitrogen and oxygen atoms in total. The first-order valence-electron chi connectivity index (χ1n) is 10.6. The minimum atomic E-state index is -4.22. The molecule has 1 N–H and O–H groups in total. The standard InChI is InChI=1S/C21H28N4O6S2/c1-23(2)33(30,31)19-10-11-21(20(16-19)25(26)27)32(28,29)22-13-12-17-6-8-18(9-7-17)24-14-4-3-5-15-24/h6-11,16,22H,3-5,12-15H2,1-2H3. The van der Waals surface area contributed by atoms with E-state index in [1.54, 1.807) is 0 Å². The fourth-order valence-corrected chi connectivity index (χ4v) is 5.78. The van der Waals surface area contributed by atoms with Crippen LogP contribution >= 0.6 is 0 Å². The van der Waals surface area contributed by atoms with Crippen LogP contribution < -0.4 is 9.62 Å². The van der Waals surface area contributed by atoms with Crippen molar-refractivity contribution in [2.45, 2.75) is 35.5 Å². The first kappa shape index (κ1) is 25.1. The van der Waals surface area contributed by atoms with Gasteiger partial charge < -0.3 is 4.90 Å². The molecule has 0 unspecified atom stereocenters. The number of piperidine rings is 1. The van der Waals surface area contributed by atoms with Crippen LogP contribution in [0.5, 0.6) is 0 Å². The van der Waals surface area contributed by atoms with Crippen LogP contribution in [0.15, 0.2) is 52.3 Å². The van der Waals surface area contributed by atoms with Gasteiger partial charge in [-0.05, 0) is 55.5 Å². The van der Waals surface area contributed by atoms with E-state index in [4.69, 9.17) is 0 Å². The van der Waals surface area contributed by atoms with Crippen LogP contribution in [0.2, 0.25) is 0 Å². The topological polar surface area (TPSA) is 130 Å². The van der Waals surface area contributed by atoms with Crippen LogP contribution in [-0.2, 0) is 26.5 Å². The highest BCUT2D eigenvalue weighted by atomic mass is 32.2. The second kappa shape index (κ2) is 10.2. The smallest absolute Gasteiger partial charge is 0.290 e. The van der Waals surface area contributed by atoms with E-state index in [1.165, 1.54) is 33.4 Å². The average molecular weight is 497 g/mol. The van der Waals surface area contributed by atoms with E-state index in [2.05, 4.69) is 9.62 Å². The number of hydrogen-bond acceptors (Lipinski definition) is 7. The summed E-state index contributed by atoms with van der Waals surface area (Å²) >= 11 is 0. The highest BCUT2D eigenvalue weighted by Gasteiger charge is 2.29. The van der Waals surface area contributed by atoms with E-state index >= 15 is 0 Å². The molecule has 0 amide bonds. The van der Waals surface area contributed by atoms with Gasteiger partial charge in [0.1, 0.15) is 0 Å². The fourth-order valence-electron chi connectivity index (χ4n) is 3.67. The summed E-state index contributed by atoms with van der Waals surface area (Å²) in [5, 5.41) is 11.5. The lowest BCUT2D eigenvalue weighted by Crippen LogP contribution is -2.29. The highest BCUT2D eigenvalue weighted by molar-refractivity contribution is 7.90. The largest absolute Gasteiger partial charge is 0.372 e. The third-order valence-corrected chi connectivity index (χ3v) is 8.88. The van der Waals surface area contributed by atoms with Crippen molar-refractivity contribution < 1.29 is 21.8 Å². The predicted octanol–water partition coefficient (Wildman–Crippen LogP) is 2.36. The van der Waals surface area contributed by atoms with Gasteiger partial charge in [-0.2, -0.15) is 0 Å². The molecule has 12 heteroatoms. The number of rotatable bonds is 9. The zero-order chi connectivity index (χ0) is 24.2. The molecule has 0 radical (unpaired) electrons. The van der Waals surface area contributed by atoms with Gasteiger partial charge in [-0.1, -0.05) is 12.1 Å². The zero-order valence-electron chi connectivity index (χ0n) is 18.6. The molecule has 33 heavy (non-hydrogen) atoms. The summed E-state index contributed by atoms with van der Waals surface area (Å²) < 4.78 is 53.2. The van der Waals surface area contributed by atoms with Gasteiger partial charge in [0.15, 0.2) is 4.90 Å². The number of nitrogens with zero attached hydrogens (tertiary/aromatic N) is 3. The van der Waals surface area contributed by atoms with Crippen molar-refractivity contribution in [2.75, 3.05) is 38.6 Å². The molecule has 0 aliphatic carbocycles. The molecule has 2 aromatic carbocycles. The second-order valence-electron chi connectivity index (χ2n) is 8.04. The normalized spacial score (nSPS) is 15.1. The summed E-state index contributed by atoms with van der Waals surface area (Å²) in [6, 6.07) is 10.7. The maximum absolute atomic E-state index is 12.7. The number of nitro groups is 1. The Balaban J connectivity index is 1.71. The summed E-state index contributed by atoms with van der Waals surface area (Å²) in [6.45, 7) is 2.11. The SMILES string of the molecule is CN(C)S(=O)(=O)c1ccc(S(=O)(=O)NCCc2ccc(N3CCCCC3)cc2)c([N+](=O)[O-])c1. The van der Waals surface area contributed by atoms with Crippen molar-refractivity contribution in [3.8, 4) is 0 Å². The number of nitrogens with one attached hydrogen (secondary N) is 1. The predicted molar refractivity (Wildman–Crippen MR) is 125 cm³/mol. The van der Waals surface area contributed by atoms with Gasteiger partial charge in [-0.3, -0.25) is 10.1 Å². The van der Waals surface area contributed by atoms with Crippen molar-refractivity contribution in [1.29, 1.82) is 0 Å². The Morgan fingerprint density at radius 3 is 2.21 bits per heavy atom.